The monoisotopic (exact) mass is 270 g/mol. The number of hydrogen-bond acceptors (Lipinski definition) is 2. The first-order valence-corrected chi connectivity index (χ1v) is 6.28. The Kier molecular flexibility index (Phi) is 2.84. The van der Waals surface area contributed by atoms with Crippen molar-refractivity contribution in [1.29, 1.82) is 0 Å². The number of H-pyrrole nitrogens is 1. The summed E-state index contributed by atoms with van der Waals surface area (Å²) in [5.41, 5.74) is 3.54. The fourth-order valence-electron chi connectivity index (χ4n) is 1.97. The molecule has 0 saturated carbocycles. The van der Waals surface area contributed by atoms with Gasteiger partial charge in [-0.1, -0.05) is 41.4 Å². The lowest BCUT2D eigenvalue weighted by molar-refractivity contribution is 1.22. The molecular formula is C15H11ClN2O. The second-order valence-electron chi connectivity index (χ2n) is 4.44. The van der Waals surface area contributed by atoms with E-state index in [2.05, 4.69) is 9.97 Å². The maximum Gasteiger partial charge on any atom is 0.274 e. The summed E-state index contributed by atoms with van der Waals surface area (Å²) in [6.45, 7) is 2.00. The van der Waals surface area contributed by atoms with E-state index in [1.165, 1.54) is 0 Å². The molecule has 0 fully saturated rings. The largest absolute Gasteiger partial charge is 0.319 e. The highest BCUT2D eigenvalue weighted by Gasteiger charge is 2.07. The normalized spacial score (nSPS) is 10.8. The second kappa shape index (κ2) is 4.52. The Hall–Kier alpha value is -2.13. The van der Waals surface area contributed by atoms with Crippen LogP contribution in [0.3, 0.4) is 0 Å². The van der Waals surface area contributed by atoms with Crippen LogP contribution in [-0.4, -0.2) is 9.97 Å². The fraction of sp³-hybridized carbons (Fsp3) is 0.0667. The number of aromatic nitrogens is 2. The Bertz CT molecular complexity index is 806. The molecule has 19 heavy (non-hydrogen) atoms. The average molecular weight is 271 g/mol. The zero-order chi connectivity index (χ0) is 13.4. The van der Waals surface area contributed by atoms with Crippen LogP contribution in [0, 0.1) is 6.92 Å². The predicted octanol–water partition coefficient (Wildman–Crippen LogP) is 3.55. The van der Waals surface area contributed by atoms with Gasteiger partial charge in [0.05, 0.1) is 11.0 Å². The average Bonchev–Trinajstić information content (AvgIpc) is 2.39. The molecule has 3 aromatic rings. The smallest absolute Gasteiger partial charge is 0.274 e. The molecule has 0 saturated heterocycles. The van der Waals surface area contributed by atoms with E-state index >= 15 is 0 Å². The zero-order valence-electron chi connectivity index (χ0n) is 10.3. The summed E-state index contributed by atoms with van der Waals surface area (Å²) in [5.74, 6) is 0. The van der Waals surface area contributed by atoms with Gasteiger partial charge in [0.25, 0.3) is 5.56 Å². The van der Waals surface area contributed by atoms with Crippen LogP contribution >= 0.6 is 11.6 Å². The van der Waals surface area contributed by atoms with Crippen LogP contribution < -0.4 is 5.56 Å². The van der Waals surface area contributed by atoms with E-state index in [-0.39, 0.29) is 5.56 Å². The van der Waals surface area contributed by atoms with Gasteiger partial charge in [0.15, 0.2) is 0 Å². The first-order valence-electron chi connectivity index (χ1n) is 5.90. The van der Waals surface area contributed by atoms with Crippen molar-refractivity contribution in [2.75, 3.05) is 0 Å². The summed E-state index contributed by atoms with van der Waals surface area (Å²) in [5, 5.41) is 0.577. The first kappa shape index (κ1) is 11.9. The van der Waals surface area contributed by atoms with Gasteiger partial charge in [0.1, 0.15) is 5.69 Å². The van der Waals surface area contributed by atoms with Gasteiger partial charge in [0, 0.05) is 10.6 Å². The van der Waals surface area contributed by atoms with Crippen LogP contribution in [0.1, 0.15) is 5.56 Å². The zero-order valence-corrected chi connectivity index (χ0v) is 11.0. The van der Waals surface area contributed by atoms with Gasteiger partial charge in [-0.05, 0) is 25.1 Å². The number of rotatable bonds is 1. The standard InChI is InChI=1S/C15H11ClN2O/c1-9-2-4-10(5-3-9)14-15(19)18-13-8-11(16)6-7-12(13)17-14/h2-8H,1H3,(H,18,19). The van der Waals surface area contributed by atoms with E-state index in [1.54, 1.807) is 18.2 Å². The summed E-state index contributed by atoms with van der Waals surface area (Å²) in [6.07, 6.45) is 0. The van der Waals surface area contributed by atoms with E-state index in [1.807, 2.05) is 31.2 Å². The minimum Gasteiger partial charge on any atom is -0.319 e. The summed E-state index contributed by atoms with van der Waals surface area (Å²) in [7, 11) is 0. The van der Waals surface area contributed by atoms with Gasteiger partial charge in [0.2, 0.25) is 0 Å². The molecule has 0 aliphatic rings. The Morgan fingerprint density at radius 1 is 1.11 bits per heavy atom. The minimum atomic E-state index is -0.210. The molecule has 1 N–H and O–H groups in total. The van der Waals surface area contributed by atoms with Crippen molar-refractivity contribution in [3.63, 3.8) is 0 Å². The van der Waals surface area contributed by atoms with Crippen molar-refractivity contribution in [2.45, 2.75) is 6.92 Å². The molecule has 1 aromatic heterocycles. The number of nitrogens with one attached hydrogen (secondary N) is 1. The van der Waals surface area contributed by atoms with Crippen molar-refractivity contribution in [1.82, 2.24) is 9.97 Å². The van der Waals surface area contributed by atoms with Crippen LogP contribution in [0.25, 0.3) is 22.3 Å². The molecule has 3 rings (SSSR count). The number of aryl methyl sites for hydroxylation is 1. The molecule has 0 amide bonds. The lowest BCUT2D eigenvalue weighted by atomic mass is 10.1. The maximum absolute atomic E-state index is 12.1. The Labute approximate surface area is 114 Å². The number of nitrogens with zero attached hydrogens (tertiary/aromatic N) is 1. The Balaban J connectivity index is 2.24. The first-order chi connectivity index (χ1) is 9.13. The summed E-state index contributed by atoms with van der Waals surface area (Å²) in [4.78, 5) is 19.3. The van der Waals surface area contributed by atoms with Crippen molar-refractivity contribution >= 4 is 22.6 Å². The van der Waals surface area contributed by atoms with Crippen molar-refractivity contribution in [2.24, 2.45) is 0 Å². The number of benzene rings is 2. The lowest BCUT2D eigenvalue weighted by Crippen LogP contribution is -2.11. The van der Waals surface area contributed by atoms with Crippen molar-refractivity contribution in [3.05, 3.63) is 63.4 Å². The minimum absolute atomic E-state index is 0.210. The highest BCUT2D eigenvalue weighted by molar-refractivity contribution is 6.31. The molecule has 0 bridgehead atoms. The summed E-state index contributed by atoms with van der Waals surface area (Å²) in [6, 6.07) is 13.0. The molecule has 0 aliphatic carbocycles. The van der Waals surface area contributed by atoms with E-state index in [4.69, 9.17) is 11.6 Å². The van der Waals surface area contributed by atoms with Gasteiger partial charge in [-0.15, -0.1) is 0 Å². The summed E-state index contributed by atoms with van der Waals surface area (Å²) >= 11 is 5.90. The van der Waals surface area contributed by atoms with E-state index in [0.717, 1.165) is 16.6 Å². The topological polar surface area (TPSA) is 45.8 Å². The highest BCUT2D eigenvalue weighted by atomic mass is 35.5. The molecule has 0 spiro atoms. The molecule has 2 aromatic carbocycles. The highest BCUT2D eigenvalue weighted by Crippen LogP contribution is 2.19. The quantitative estimate of drug-likeness (QED) is 0.735. The third-order valence-corrected chi connectivity index (χ3v) is 3.21. The number of hydrogen-bond donors (Lipinski definition) is 1. The maximum atomic E-state index is 12.1. The van der Waals surface area contributed by atoms with Crippen molar-refractivity contribution in [3.8, 4) is 11.3 Å². The second-order valence-corrected chi connectivity index (χ2v) is 4.88. The predicted molar refractivity (Wildman–Crippen MR) is 77.5 cm³/mol. The van der Waals surface area contributed by atoms with Crippen LogP contribution in [-0.2, 0) is 0 Å². The molecular weight excluding hydrogens is 260 g/mol. The SMILES string of the molecule is Cc1ccc(-c2nc3ccc(Cl)cc3[nH]c2=O)cc1. The molecule has 4 heteroatoms. The molecule has 0 radical (unpaired) electrons. The number of aromatic amines is 1. The van der Waals surface area contributed by atoms with Gasteiger partial charge in [-0.2, -0.15) is 0 Å². The van der Waals surface area contributed by atoms with Gasteiger partial charge in [-0.25, -0.2) is 4.98 Å². The molecule has 0 unspecified atom stereocenters. The molecule has 0 aliphatic heterocycles. The molecule has 0 atom stereocenters. The lowest BCUT2D eigenvalue weighted by Gasteiger charge is -2.03. The molecule has 3 nitrogen and oxygen atoms in total. The van der Waals surface area contributed by atoms with Crippen LogP contribution in [0.4, 0.5) is 0 Å². The van der Waals surface area contributed by atoms with Crippen LogP contribution in [0.5, 0.6) is 0 Å². The number of halogens is 1. The van der Waals surface area contributed by atoms with Gasteiger partial charge >= 0.3 is 0 Å². The van der Waals surface area contributed by atoms with Crippen molar-refractivity contribution < 1.29 is 0 Å². The van der Waals surface area contributed by atoms with Crippen LogP contribution in [0.15, 0.2) is 47.3 Å². The van der Waals surface area contributed by atoms with Gasteiger partial charge in [-0.3, -0.25) is 4.79 Å². The third-order valence-electron chi connectivity index (χ3n) is 2.98. The Morgan fingerprint density at radius 2 is 1.84 bits per heavy atom. The van der Waals surface area contributed by atoms with E-state index in [9.17, 15) is 4.79 Å². The van der Waals surface area contributed by atoms with E-state index in [0.29, 0.717) is 16.2 Å². The summed E-state index contributed by atoms with van der Waals surface area (Å²) < 4.78 is 0. The van der Waals surface area contributed by atoms with E-state index < -0.39 is 0 Å². The van der Waals surface area contributed by atoms with Gasteiger partial charge < -0.3 is 4.98 Å². The molecule has 1 heterocycles. The number of fused-ring (bicyclic) bond motifs is 1. The Morgan fingerprint density at radius 3 is 2.58 bits per heavy atom. The third kappa shape index (κ3) is 2.25. The van der Waals surface area contributed by atoms with Crippen LogP contribution in [0.2, 0.25) is 5.02 Å². The molecule has 94 valence electrons. The fourth-order valence-corrected chi connectivity index (χ4v) is 2.14.